The van der Waals surface area contributed by atoms with Gasteiger partial charge < -0.3 is 9.64 Å². The van der Waals surface area contributed by atoms with Crippen LogP contribution in [0.4, 0.5) is 10.5 Å². The van der Waals surface area contributed by atoms with Gasteiger partial charge in [-0.25, -0.2) is 4.79 Å². The Hall–Kier alpha value is -3.10. The largest absolute Gasteiger partial charge is 0.444 e. The molecule has 1 saturated heterocycles. The summed E-state index contributed by atoms with van der Waals surface area (Å²) in [4.78, 5) is 16.2. The Morgan fingerprint density at radius 3 is 2.29 bits per heavy atom. The summed E-state index contributed by atoms with van der Waals surface area (Å²) in [5.41, 5.74) is 3.92. The molecule has 1 aromatic rings. The minimum Gasteiger partial charge on any atom is -0.444 e. The first-order valence-corrected chi connectivity index (χ1v) is 9.24. The normalized spacial score (nSPS) is 14.5. The van der Waals surface area contributed by atoms with Crippen LogP contribution in [-0.4, -0.2) is 59.9 Å². The molecule has 0 aromatic heterocycles. The Bertz CT molecular complexity index is 759. The van der Waals surface area contributed by atoms with Gasteiger partial charge in [0.2, 0.25) is 5.71 Å². The maximum atomic E-state index is 12.1. The molecule has 0 bridgehead atoms. The van der Waals surface area contributed by atoms with Gasteiger partial charge in [-0.1, -0.05) is 12.1 Å². The van der Waals surface area contributed by atoms with Crippen molar-refractivity contribution in [3.05, 3.63) is 29.8 Å². The molecule has 8 heteroatoms. The average molecular weight is 382 g/mol. The van der Waals surface area contributed by atoms with E-state index in [1.54, 1.807) is 17.0 Å². The number of ether oxygens (including phenoxy) is 1. The molecule has 0 atom stereocenters. The summed E-state index contributed by atoms with van der Waals surface area (Å²) >= 11 is 0. The highest BCUT2D eigenvalue weighted by atomic mass is 16.6. The van der Waals surface area contributed by atoms with E-state index >= 15 is 0 Å². The van der Waals surface area contributed by atoms with E-state index in [1.165, 1.54) is 5.56 Å². The minimum absolute atomic E-state index is 0.213. The fraction of sp³-hybridized carbons (Fsp3) is 0.500. The lowest BCUT2D eigenvalue weighted by Gasteiger charge is -2.35. The smallest absolute Gasteiger partial charge is 0.410 e. The van der Waals surface area contributed by atoms with Crippen LogP contribution in [0.5, 0.6) is 0 Å². The Morgan fingerprint density at radius 1 is 1.14 bits per heavy atom. The van der Waals surface area contributed by atoms with Crippen molar-refractivity contribution in [2.24, 2.45) is 5.10 Å². The van der Waals surface area contributed by atoms with Gasteiger partial charge in [-0.15, -0.1) is 0 Å². The Kier molecular flexibility index (Phi) is 7.36. The summed E-state index contributed by atoms with van der Waals surface area (Å²) in [7, 11) is 0. The highest BCUT2D eigenvalue weighted by Crippen LogP contribution is 2.13. The van der Waals surface area contributed by atoms with Gasteiger partial charge in [0, 0.05) is 32.7 Å². The van der Waals surface area contributed by atoms with E-state index in [1.807, 2.05) is 45.0 Å². The van der Waals surface area contributed by atoms with Crippen LogP contribution < -0.4 is 5.43 Å². The van der Waals surface area contributed by atoms with E-state index in [0.717, 1.165) is 31.7 Å². The van der Waals surface area contributed by atoms with Crippen LogP contribution >= 0.6 is 0 Å². The van der Waals surface area contributed by atoms with E-state index in [-0.39, 0.29) is 11.8 Å². The first-order chi connectivity index (χ1) is 13.3. The zero-order chi connectivity index (χ0) is 20.6. The maximum Gasteiger partial charge on any atom is 0.410 e. The lowest BCUT2D eigenvalue weighted by Crippen LogP contribution is -2.50. The first kappa shape index (κ1) is 21.2. The monoisotopic (exact) mass is 382 g/mol. The molecular weight excluding hydrogens is 356 g/mol. The molecule has 2 rings (SSSR count). The van der Waals surface area contributed by atoms with Crippen LogP contribution in [0, 0.1) is 22.7 Å². The highest BCUT2D eigenvalue weighted by molar-refractivity contribution is 6.10. The van der Waals surface area contributed by atoms with Crippen LogP contribution in [0.1, 0.15) is 26.3 Å². The SMILES string of the molecule is CC(C)(C)OC(=O)N1CCN(CCc2ccc(NN=C(C#N)C#N)cc2)CC1. The summed E-state index contributed by atoms with van der Waals surface area (Å²) in [5, 5.41) is 21.0. The number of hydrogen-bond acceptors (Lipinski definition) is 7. The zero-order valence-electron chi connectivity index (χ0n) is 16.6. The molecule has 1 aliphatic heterocycles. The van der Waals surface area contributed by atoms with Crippen molar-refractivity contribution in [2.75, 3.05) is 38.1 Å². The van der Waals surface area contributed by atoms with Gasteiger partial charge in [0.15, 0.2) is 0 Å². The van der Waals surface area contributed by atoms with Gasteiger partial charge in [0.05, 0.1) is 5.69 Å². The second-order valence-electron chi connectivity index (χ2n) is 7.55. The maximum absolute atomic E-state index is 12.1. The number of nitrogens with zero attached hydrogens (tertiary/aromatic N) is 5. The number of rotatable bonds is 5. The molecule has 0 unspecified atom stereocenters. The van der Waals surface area contributed by atoms with Crippen molar-refractivity contribution in [1.29, 1.82) is 10.5 Å². The molecule has 1 amide bonds. The molecule has 148 valence electrons. The van der Waals surface area contributed by atoms with Crippen LogP contribution in [-0.2, 0) is 11.2 Å². The van der Waals surface area contributed by atoms with Crippen LogP contribution in [0.15, 0.2) is 29.4 Å². The Morgan fingerprint density at radius 2 is 1.75 bits per heavy atom. The molecule has 1 N–H and O–H groups in total. The lowest BCUT2D eigenvalue weighted by atomic mass is 10.1. The van der Waals surface area contributed by atoms with Gasteiger partial charge in [0.1, 0.15) is 17.7 Å². The molecule has 1 fully saturated rings. The molecular formula is C20H26N6O2. The molecule has 1 aromatic carbocycles. The van der Waals surface area contributed by atoms with Crippen molar-refractivity contribution in [3.63, 3.8) is 0 Å². The summed E-state index contributed by atoms with van der Waals surface area (Å²) in [6.45, 7) is 9.56. The molecule has 1 aliphatic rings. The fourth-order valence-corrected chi connectivity index (χ4v) is 2.71. The van der Waals surface area contributed by atoms with Gasteiger partial charge in [0.25, 0.3) is 0 Å². The third-order valence-electron chi connectivity index (χ3n) is 4.20. The average Bonchev–Trinajstić information content (AvgIpc) is 2.67. The molecule has 0 radical (unpaired) electrons. The van der Waals surface area contributed by atoms with E-state index in [2.05, 4.69) is 15.4 Å². The number of piperazine rings is 1. The van der Waals surface area contributed by atoms with Gasteiger partial charge in [-0.05, 0) is 44.9 Å². The topological polar surface area (TPSA) is 105 Å². The van der Waals surface area contributed by atoms with E-state index in [9.17, 15) is 4.79 Å². The Labute approximate surface area is 166 Å². The van der Waals surface area contributed by atoms with Crippen molar-refractivity contribution in [3.8, 4) is 12.1 Å². The second-order valence-corrected chi connectivity index (χ2v) is 7.55. The number of amides is 1. The third kappa shape index (κ3) is 6.90. The van der Waals surface area contributed by atoms with E-state index < -0.39 is 5.60 Å². The predicted molar refractivity (Wildman–Crippen MR) is 107 cm³/mol. The van der Waals surface area contributed by atoms with Gasteiger partial charge in [-0.2, -0.15) is 15.6 Å². The summed E-state index contributed by atoms with van der Waals surface area (Å²) in [6, 6.07) is 11.1. The van der Waals surface area contributed by atoms with E-state index in [4.69, 9.17) is 15.3 Å². The molecule has 0 spiro atoms. The minimum atomic E-state index is -0.467. The summed E-state index contributed by atoms with van der Waals surface area (Å²) in [5.74, 6) is 0. The van der Waals surface area contributed by atoms with Crippen LogP contribution in [0.25, 0.3) is 0 Å². The molecule has 28 heavy (non-hydrogen) atoms. The molecule has 8 nitrogen and oxygen atoms in total. The zero-order valence-corrected chi connectivity index (χ0v) is 16.6. The number of hydrazone groups is 1. The van der Waals surface area contributed by atoms with E-state index in [0.29, 0.717) is 13.1 Å². The summed E-state index contributed by atoms with van der Waals surface area (Å²) < 4.78 is 5.42. The van der Waals surface area contributed by atoms with Crippen molar-refractivity contribution >= 4 is 17.5 Å². The second kappa shape index (κ2) is 9.72. The molecule has 0 saturated carbocycles. The number of benzene rings is 1. The number of carbonyl (C=O) groups is 1. The summed E-state index contributed by atoms with van der Waals surface area (Å²) in [6.07, 6.45) is 0.659. The van der Waals surface area contributed by atoms with Crippen LogP contribution in [0.2, 0.25) is 0 Å². The first-order valence-electron chi connectivity index (χ1n) is 9.24. The molecule has 1 heterocycles. The standard InChI is InChI=1S/C20H26N6O2/c1-20(2,3)28-19(27)26-12-10-25(11-13-26)9-8-16-4-6-17(7-5-16)23-24-18(14-21)15-22/h4-7,23H,8-13H2,1-3H3. The van der Waals surface area contributed by atoms with Crippen molar-refractivity contribution in [2.45, 2.75) is 32.8 Å². The number of anilines is 1. The van der Waals surface area contributed by atoms with Crippen molar-refractivity contribution in [1.82, 2.24) is 9.80 Å². The lowest BCUT2D eigenvalue weighted by molar-refractivity contribution is 0.0146. The highest BCUT2D eigenvalue weighted by Gasteiger charge is 2.25. The van der Waals surface area contributed by atoms with Crippen molar-refractivity contribution < 1.29 is 9.53 Å². The quantitative estimate of drug-likeness (QED) is 0.620. The predicted octanol–water partition coefficient (Wildman–Crippen LogP) is 2.60. The molecule has 0 aliphatic carbocycles. The number of nitriles is 2. The Balaban J connectivity index is 1.75. The number of carbonyl (C=O) groups excluding carboxylic acids is 1. The fourth-order valence-electron chi connectivity index (χ4n) is 2.71. The van der Waals surface area contributed by atoms with Gasteiger partial charge >= 0.3 is 6.09 Å². The van der Waals surface area contributed by atoms with Gasteiger partial charge in [-0.3, -0.25) is 10.3 Å². The number of hydrogen-bond donors (Lipinski definition) is 1. The number of nitrogens with one attached hydrogen (secondary N) is 1. The van der Waals surface area contributed by atoms with Crippen LogP contribution in [0.3, 0.4) is 0 Å². The third-order valence-corrected chi connectivity index (χ3v) is 4.20.